The van der Waals surface area contributed by atoms with Gasteiger partial charge in [-0.2, -0.15) is 5.10 Å². The lowest BCUT2D eigenvalue weighted by Crippen LogP contribution is -2.48. The number of methoxy groups -OCH3 is 1. The molecule has 2 aromatic heterocycles. The van der Waals surface area contributed by atoms with Gasteiger partial charge in [-0.25, -0.2) is 4.79 Å². The van der Waals surface area contributed by atoms with Crippen LogP contribution in [0.15, 0.2) is 48.8 Å². The summed E-state index contributed by atoms with van der Waals surface area (Å²) in [4.78, 5) is 38.3. The molecule has 2 saturated carbocycles. The second kappa shape index (κ2) is 15.7. The Morgan fingerprint density at radius 2 is 1.67 bits per heavy atom. The molecule has 6 rings (SSSR count). The summed E-state index contributed by atoms with van der Waals surface area (Å²) in [6.07, 6.45) is 10.8. The molecule has 3 aromatic rings. The van der Waals surface area contributed by atoms with E-state index in [1.165, 1.54) is 0 Å². The van der Waals surface area contributed by atoms with E-state index in [2.05, 4.69) is 72.3 Å². The summed E-state index contributed by atoms with van der Waals surface area (Å²) in [7, 11) is 3.76. The minimum atomic E-state index is -0.210. The van der Waals surface area contributed by atoms with Gasteiger partial charge in [-0.15, -0.1) is 0 Å². The Morgan fingerprint density at radius 3 is 2.33 bits per heavy atom. The predicted octanol–water partition coefficient (Wildman–Crippen LogP) is 7.09. The number of anilines is 1. The summed E-state index contributed by atoms with van der Waals surface area (Å²) in [5, 5.41) is 4.56. The van der Waals surface area contributed by atoms with Crippen molar-refractivity contribution in [3.8, 4) is 16.9 Å². The number of carbonyl (C=O) groups is 2. The number of benzene rings is 1. The van der Waals surface area contributed by atoms with Crippen molar-refractivity contribution in [2.45, 2.75) is 90.2 Å². The maximum atomic E-state index is 14.5. The van der Waals surface area contributed by atoms with Crippen LogP contribution in [0, 0.1) is 18.8 Å². The van der Waals surface area contributed by atoms with Crippen LogP contribution in [0.1, 0.15) is 88.6 Å². The molecule has 0 N–H and O–H groups in total. The van der Waals surface area contributed by atoms with E-state index < -0.39 is 0 Å². The molecule has 0 atom stereocenters. The molecular weight excluding hydrogens is 616 g/mol. The molecule has 3 fully saturated rings. The molecule has 2 aliphatic carbocycles. The van der Waals surface area contributed by atoms with Crippen molar-refractivity contribution in [2.24, 2.45) is 11.8 Å². The average Bonchev–Trinajstić information content (AvgIpc) is 3.63. The minimum absolute atomic E-state index is 0.0891. The van der Waals surface area contributed by atoms with Crippen LogP contribution < -0.4 is 9.64 Å². The van der Waals surface area contributed by atoms with Crippen LogP contribution in [0.5, 0.6) is 5.75 Å². The lowest BCUT2D eigenvalue weighted by molar-refractivity contribution is -0.124. The van der Waals surface area contributed by atoms with Gasteiger partial charge in [0.15, 0.2) is 0 Å². The molecule has 0 spiro atoms. The third-order valence-electron chi connectivity index (χ3n) is 10.9. The minimum Gasteiger partial charge on any atom is -0.495 e. The van der Waals surface area contributed by atoms with Gasteiger partial charge in [0.05, 0.1) is 19.0 Å². The van der Waals surface area contributed by atoms with E-state index in [1.807, 2.05) is 28.8 Å². The smallest absolute Gasteiger partial charge is 0.410 e. The van der Waals surface area contributed by atoms with E-state index in [4.69, 9.17) is 14.5 Å². The van der Waals surface area contributed by atoms with Crippen molar-refractivity contribution in [3.63, 3.8) is 0 Å². The highest BCUT2D eigenvalue weighted by Gasteiger charge is 2.35. The third kappa shape index (κ3) is 8.46. The van der Waals surface area contributed by atoms with Crippen LogP contribution in [-0.4, -0.2) is 89.5 Å². The summed E-state index contributed by atoms with van der Waals surface area (Å²) in [6, 6.07) is 12.8. The van der Waals surface area contributed by atoms with Gasteiger partial charge in [-0.05, 0) is 115 Å². The number of carbonyl (C=O) groups excluding carboxylic acids is 2. The lowest BCUT2D eigenvalue weighted by Gasteiger charge is -2.37. The van der Waals surface area contributed by atoms with Gasteiger partial charge < -0.3 is 24.2 Å². The van der Waals surface area contributed by atoms with Crippen LogP contribution in [-0.2, 0) is 9.53 Å². The Kier molecular flexibility index (Phi) is 11.2. The standard InChI is InChI=1S/C39H54N6O4/c1-27(2)45-26-33(24-40-45)32-7-6-8-34(23-32)44(25-29-9-11-30(12-10-29)36-17-18-37(48-5)28(3)41-36)38(46)31-13-15-35(16-14-31)49-39(47)43-21-19-42(4)20-22-43/h6-8,17-18,23-24,26-27,29-31,35H,9-16,19-22,25H2,1-5H3. The van der Waals surface area contributed by atoms with E-state index >= 15 is 0 Å². The molecule has 2 amide bonds. The van der Waals surface area contributed by atoms with E-state index in [9.17, 15) is 9.59 Å². The van der Waals surface area contributed by atoms with Crippen molar-refractivity contribution >= 4 is 17.7 Å². The third-order valence-corrected chi connectivity index (χ3v) is 10.9. The Balaban J connectivity index is 1.14. The lowest BCUT2D eigenvalue weighted by atomic mass is 9.79. The van der Waals surface area contributed by atoms with Crippen molar-refractivity contribution in [3.05, 3.63) is 60.2 Å². The average molecular weight is 671 g/mol. The molecule has 10 heteroatoms. The summed E-state index contributed by atoms with van der Waals surface area (Å²) < 4.78 is 13.3. The van der Waals surface area contributed by atoms with E-state index in [-0.39, 0.29) is 30.1 Å². The normalized spacial score (nSPS) is 23.3. The van der Waals surface area contributed by atoms with Crippen LogP contribution >= 0.6 is 0 Å². The highest BCUT2D eigenvalue weighted by Crippen LogP contribution is 2.38. The van der Waals surface area contributed by atoms with Gasteiger partial charge in [-0.1, -0.05) is 12.1 Å². The molecule has 49 heavy (non-hydrogen) atoms. The number of aryl methyl sites for hydroxylation is 1. The Labute approximate surface area is 291 Å². The monoisotopic (exact) mass is 670 g/mol. The molecule has 1 aliphatic heterocycles. The number of piperazine rings is 1. The molecular formula is C39H54N6O4. The van der Waals surface area contributed by atoms with Crippen LogP contribution in [0.25, 0.3) is 11.1 Å². The van der Waals surface area contributed by atoms with Crippen LogP contribution in [0.3, 0.4) is 0 Å². The fourth-order valence-corrected chi connectivity index (χ4v) is 7.71. The van der Waals surface area contributed by atoms with E-state index in [0.717, 1.165) is 98.4 Å². The van der Waals surface area contributed by atoms with Crippen molar-refractivity contribution in [1.29, 1.82) is 0 Å². The fraction of sp³-hybridized carbons (Fsp3) is 0.590. The first-order chi connectivity index (χ1) is 23.7. The van der Waals surface area contributed by atoms with Gasteiger partial charge in [-0.3, -0.25) is 14.5 Å². The van der Waals surface area contributed by atoms with E-state index in [0.29, 0.717) is 31.5 Å². The van der Waals surface area contributed by atoms with Crippen molar-refractivity contribution in [2.75, 3.05) is 51.8 Å². The summed E-state index contributed by atoms with van der Waals surface area (Å²) in [6.45, 7) is 10.1. The SMILES string of the molecule is COc1ccc(C2CCC(CN(C(=O)C3CCC(OC(=O)N4CCN(C)CC4)CC3)c3cccc(-c4cnn(C(C)C)c4)c3)CC2)nc1C. The zero-order valence-electron chi connectivity index (χ0n) is 30.0. The van der Waals surface area contributed by atoms with Crippen molar-refractivity contribution in [1.82, 2.24) is 24.6 Å². The summed E-state index contributed by atoms with van der Waals surface area (Å²) in [5.74, 6) is 1.76. The number of rotatable bonds is 9. The molecule has 0 bridgehead atoms. The summed E-state index contributed by atoms with van der Waals surface area (Å²) >= 11 is 0. The predicted molar refractivity (Wildman–Crippen MR) is 192 cm³/mol. The van der Waals surface area contributed by atoms with Gasteiger partial charge >= 0.3 is 6.09 Å². The van der Waals surface area contributed by atoms with Gasteiger partial charge in [0.1, 0.15) is 11.9 Å². The topological polar surface area (TPSA) is 93.0 Å². The number of likely N-dealkylation sites (N-methyl/N-ethyl adjacent to an activating group) is 1. The molecule has 0 unspecified atom stereocenters. The van der Waals surface area contributed by atoms with Gasteiger partial charge in [0.2, 0.25) is 5.91 Å². The number of hydrogen-bond donors (Lipinski definition) is 0. The Hall–Kier alpha value is -3.92. The van der Waals surface area contributed by atoms with Crippen LogP contribution in [0.4, 0.5) is 10.5 Å². The van der Waals surface area contributed by atoms with E-state index in [1.54, 1.807) is 7.11 Å². The zero-order valence-corrected chi connectivity index (χ0v) is 30.0. The molecule has 1 saturated heterocycles. The quantitative estimate of drug-likeness (QED) is 0.240. The Bertz CT molecular complexity index is 1560. The van der Waals surface area contributed by atoms with Gasteiger partial charge in [0.25, 0.3) is 0 Å². The molecule has 3 heterocycles. The molecule has 10 nitrogen and oxygen atoms in total. The number of hydrogen-bond acceptors (Lipinski definition) is 7. The second-order valence-corrected chi connectivity index (χ2v) is 14.7. The first kappa shape index (κ1) is 34.9. The second-order valence-electron chi connectivity index (χ2n) is 14.7. The molecule has 3 aliphatic rings. The zero-order chi connectivity index (χ0) is 34.5. The number of nitrogens with zero attached hydrogens (tertiary/aromatic N) is 6. The first-order valence-corrected chi connectivity index (χ1v) is 18.3. The number of pyridine rings is 1. The fourth-order valence-electron chi connectivity index (χ4n) is 7.71. The largest absolute Gasteiger partial charge is 0.495 e. The maximum absolute atomic E-state index is 14.5. The maximum Gasteiger partial charge on any atom is 0.410 e. The summed E-state index contributed by atoms with van der Waals surface area (Å²) in [5.41, 5.74) is 5.13. The number of ether oxygens (including phenoxy) is 2. The highest BCUT2D eigenvalue weighted by atomic mass is 16.6. The Morgan fingerprint density at radius 1 is 0.939 bits per heavy atom. The highest BCUT2D eigenvalue weighted by molar-refractivity contribution is 5.95. The number of aromatic nitrogens is 3. The molecule has 264 valence electrons. The first-order valence-electron chi connectivity index (χ1n) is 18.3. The molecule has 1 aromatic carbocycles. The van der Waals surface area contributed by atoms with Crippen molar-refractivity contribution < 1.29 is 19.1 Å². The van der Waals surface area contributed by atoms with Crippen LogP contribution in [0.2, 0.25) is 0 Å². The molecule has 0 radical (unpaired) electrons. The number of amides is 2. The van der Waals surface area contributed by atoms with Gasteiger partial charge in [0, 0.05) is 73.7 Å².